The Morgan fingerprint density at radius 3 is 2.48 bits per heavy atom. The van der Waals surface area contributed by atoms with E-state index in [9.17, 15) is 9.59 Å². The van der Waals surface area contributed by atoms with E-state index < -0.39 is 12.2 Å². The van der Waals surface area contributed by atoms with E-state index in [0.717, 1.165) is 6.42 Å². The van der Waals surface area contributed by atoms with Crippen molar-refractivity contribution in [1.29, 1.82) is 0 Å². The molecule has 3 N–H and O–H groups in total. The second-order valence-corrected chi connectivity index (χ2v) is 7.53. The van der Waals surface area contributed by atoms with Crippen LogP contribution >= 0.6 is 12.4 Å². The van der Waals surface area contributed by atoms with Crippen LogP contribution in [-0.2, 0) is 14.3 Å². The third-order valence-corrected chi connectivity index (χ3v) is 5.60. The van der Waals surface area contributed by atoms with E-state index in [0.29, 0.717) is 50.4 Å². The second-order valence-electron chi connectivity index (χ2n) is 7.53. The van der Waals surface area contributed by atoms with Crippen LogP contribution in [0.5, 0.6) is 11.5 Å². The van der Waals surface area contributed by atoms with Gasteiger partial charge in [-0.05, 0) is 37.8 Å². The minimum Gasteiger partial charge on any atom is -0.485 e. The fourth-order valence-corrected chi connectivity index (χ4v) is 3.96. The van der Waals surface area contributed by atoms with Gasteiger partial charge in [0.2, 0.25) is 12.0 Å². The van der Waals surface area contributed by atoms with Crippen LogP contribution in [-0.4, -0.2) is 67.3 Å². The standard InChI is InChI=1S/C20H27N3O5.ClH/c21-11-14-5-6-17(27-14)19(24)22-13-7-9-23(10-8-13)20(25)18-12-26-15-3-1-2-4-16(15)28-18;/h1-4,13-14,17-18H,5-12,21H2,(H,22,24);1H/t14-,17+,18?;/m1./s1. The Labute approximate surface area is 176 Å². The maximum atomic E-state index is 12.8. The molecule has 1 aromatic carbocycles. The van der Waals surface area contributed by atoms with Crippen LogP contribution in [0.2, 0.25) is 0 Å². The Hall–Kier alpha value is -2.03. The molecule has 29 heavy (non-hydrogen) atoms. The maximum absolute atomic E-state index is 12.8. The number of ether oxygens (including phenoxy) is 3. The number of rotatable bonds is 4. The number of halogens is 1. The zero-order valence-electron chi connectivity index (χ0n) is 16.2. The molecule has 0 bridgehead atoms. The lowest BCUT2D eigenvalue weighted by atomic mass is 10.0. The molecule has 3 aliphatic heterocycles. The number of nitrogens with one attached hydrogen (secondary N) is 1. The number of nitrogens with two attached hydrogens (primary N) is 1. The number of hydrogen-bond donors (Lipinski definition) is 2. The third-order valence-electron chi connectivity index (χ3n) is 5.60. The van der Waals surface area contributed by atoms with Crippen molar-refractivity contribution in [1.82, 2.24) is 10.2 Å². The molecule has 4 rings (SSSR count). The number of piperidine rings is 1. The minimum atomic E-state index is -0.624. The number of para-hydroxylation sites is 2. The number of hydrogen-bond acceptors (Lipinski definition) is 6. The average molecular weight is 426 g/mol. The highest BCUT2D eigenvalue weighted by Gasteiger charge is 2.35. The third kappa shape index (κ3) is 4.94. The average Bonchev–Trinajstić information content (AvgIpc) is 3.23. The largest absolute Gasteiger partial charge is 0.485 e. The zero-order chi connectivity index (χ0) is 19.5. The highest BCUT2D eigenvalue weighted by molar-refractivity contribution is 5.85. The van der Waals surface area contributed by atoms with E-state index in [1.54, 1.807) is 11.0 Å². The lowest BCUT2D eigenvalue weighted by Gasteiger charge is -2.35. The first-order chi connectivity index (χ1) is 13.6. The zero-order valence-corrected chi connectivity index (χ0v) is 17.1. The molecule has 9 heteroatoms. The molecule has 1 unspecified atom stereocenters. The number of carbonyl (C=O) groups excluding carboxylic acids is 2. The van der Waals surface area contributed by atoms with Crippen LogP contribution in [0, 0.1) is 0 Å². The summed E-state index contributed by atoms with van der Waals surface area (Å²) in [6, 6.07) is 7.41. The normalized spacial score (nSPS) is 26.5. The highest BCUT2D eigenvalue weighted by atomic mass is 35.5. The van der Waals surface area contributed by atoms with Crippen molar-refractivity contribution in [2.75, 3.05) is 26.2 Å². The topological polar surface area (TPSA) is 103 Å². The molecule has 8 nitrogen and oxygen atoms in total. The summed E-state index contributed by atoms with van der Waals surface area (Å²) < 4.78 is 17.1. The number of amides is 2. The van der Waals surface area contributed by atoms with E-state index >= 15 is 0 Å². The van der Waals surface area contributed by atoms with Crippen molar-refractivity contribution < 1.29 is 23.8 Å². The second kappa shape index (κ2) is 9.65. The van der Waals surface area contributed by atoms with Gasteiger partial charge >= 0.3 is 0 Å². The molecule has 1 aromatic rings. The number of fused-ring (bicyclic) bond motifs is 1. The summed E-state index contributed by atoms with van der Waals surface area (Å²) in [6.45, 7) is 1.83. The van der Waals surface area contributed by atoms with Gasteiger partial charge in [0, 0.05) is 25.7 Å². The molecule has 3 atom stereocenters. The van der Waals surface area contributed by atoms with E-state index in [4.69, 9.17) is 19.9 Å². The first kappa shape index (κ1) is 21.7. The van der Waals surface area contributed by atoms with Crippen LogP contribution in [0.4, 0.5) is 0 Å². The number of benzene rings is 1. The van der Waals surface area contributed by atoms with Gasteiger partial charge < -0.3 is 30.2 Å². The lowest BCUT2D eigenvalue weighted by Crippen LogP contribution is -2.52. The van der Waals surface area contributed by atoms with Crippen LogP contribution in [0.1, 0.15) is 25.7 Å². The van der Waals surface area contributed by atoms with Crippen molar-refractivity contribution in [2.45, 2.75) is 50.0 Å². The minimum absolute atomic E-state index is 0. The Morgan fingerprint density at radius 2 is 1.79 bits per heavy atom. The van der Waals surface area contributed by atoms with E-state index in [1.165, 1.54) is 0 Å². The van der Waals surface area contributed by atoms with Gasteiger partial charge in [-0.3, -0.25) is 9.59 Å². The SMILES string of the molecule is Cl.NC[C@H]1CC[C@@H](C(=O)NC2CCN(C(=O)C3COc4ccccc4O3)CC2)O1. The molecule has 160 valence electrons. The summed E-state index contributed by atoms with van der Waals surface area (Å²) in [5.41, 5.74) is 5.60. The van der Waals surface area contributed by atoms with Crippen molar-refractivity contribution >= 4 is 24.2 Å². The first-order valence-electron chi connectivity index (χ1n) is 9.97. The molecule has 3 heterocycles. The molecule has 0 radical (unpaired) electrons. The summed E-state index contributed by atoms with van der Waals surface area (Å²) in [6.07, 6.45) is 1.93. The molecule has 2 amide bonds. The van der Waals surface area contributed by atoms with Gasteiger partial charge in [-0.2, -0.15) is 0 Å². The summed E-state index contributed by atoms with van der Waals surface area (Å²) in [5, 5.41) is 3.06. The van der Waals surface area contributed by atoms with Crippen LogP contribution in [0.3, 0.4) is 0 Å². The van der Waals surface area contributed by atoms with Crippen molar-refractivity contribution in [3.8, 4) is 11.5 Å². The molecule has 0 saturated carbocycles. The van der Waals surface area contributed by atoms with Gasteiger partial charge in [-0.15, -0.1) is 12.4 Å². The Bertz CT molecular complexity index is 726. The number of nitrogens with zero attached hydrogens (tertiary/aromatic N) is 1. The lowest BCUT2D eigenvalue weighted by molar-refractivity contribution is -0.142. The summed E-state index contributed by atoms with van der Waals surface area (Å²) >= 11 is 0. The smallest absolute Gasteiger partial charge is 0.267 e. The highest BCUT2D eigenvalue weighted by Crippen LogP contribution is 2.31. The fourth-order valence-electron chi connectivity index (χ4n) is 3.96. The number of carbonyl (C=O) groups is 2. The molecular weight excluding hydrogens is 398 g/mol. The fraction of sp³-hybridized carbons (Fsp3) is 0.600. The van der Waals surface area contributed by atoms with Crippen LogP contribution in [0.25, 0.3) is 0 Å². The van der Waals surface area contributed by atoms with Gasteiger partial charge in [0.25, 0.3) is 5.91 Å². The molecule has 3 aliphatic rings. The quantitative estimate of drug-likeness (QED) is 0.741. The van der Waals surface area contributed by atoms with Gasteiger partial charge in [0.05, 0.1) is 6.10 Å². The summed E-state index contributed by atoms with van der Waals surface area (Å²) in [4.78, 5) is 26.9. The monoisotopic (exact) mass is 425 g/mol. The molecule has 0 spiro atoms. The van der Waals surface area contributed by atoms with E-state index in [1.807, 2.05) is 18.2 Å². The van der Waals surface area contributed by atoms with Crippen molar-refractivity contribution in [2.24, 2.45) is 5.73 Å². The first-order valence-corrected chi connectivity index (χ1v) is 9.97. The Balaban J connectivity index is 0.00000240. The van der Waals surface area contributed by atoms with Gasteiger partial charge in [-0.25, -0.2) is 0 Å². The molecular formula is C20H28ClN3O5. The Kier molecular flexibility index (Phi) is 7.21. The van der Waals surface area contributed by atoms with Gasteiger partial charge in [0.1, 0.15) is 12.7 Å². The maximum Gasteiger partial charge on any atom is 0.267 e. The van der Waals surface area contributed by atoms with E-state index in [2.05, 4.69) is 5.32 Å². The predicted molar refractivity (Wildman–Crippen MR) is 108 cm³/mol. The summed E-state index contributed by atoms with van der Waals surface area (Å²) in [5.74, 6) is 1.13. The van der Waals surface area contributed by atoms with Crippen LogP contribution in [0.15, 0.2) is 24.3 Å². The Morgan fingerprint density at radius 1 is 1.07 bits per heavy atom. The van der Waals surface area contributed by atoms with Gasteiger partial charge in [0.15, 0.2) is 11.5 Å². The predicted octanol–water partition coefficient (Wildman–Crippen LogP) is 0.862. The van der Waals surface area contributed by atoms with Gasteiger partial charge in [-0.1, -0.05) is 12.1 Å². The van der Waals surface area contributed by atoms with Crippen molar-refractivity contribution in [3.63, 3.8) is 0 Å². The summed E-state index contributed by atoms with van der Waals surface area (Å²) in [7, 11) is 0. The molecule has 2 saturated heterocycles. The van der Waals surface area contributed by atoms with E-state index in [-0.39, 0.29) is 43.0 Å². The molecule has 2 fully saturated rings. The molecule has 0 aromatic heterocycles. The number of likely N-dealkylation sites (tertiary alicyclic amines) is 1. The van der Waals surface area contributed by atoms with Crippen molar-refractivity contribution in [3.05, 3.63) is 24.3 Å². The van der Waals surface area contributed by atoms with Crippen LogP contribution < -0.4 is 20.5 Å². The molecule has 0 aliphatic carbocycles.